The van der Waals surface area contributed by atoms with E-state index < -0.39 is 0 Å². The van der Waals surface area contributed by atoms with E-state index in [-0.39, 0.29) is 5.75 Å². The number of phenols is 1. The summed E-state index contributed by atoms with van der Waals surface area (Å²) in [5, 5.41) is 13.8. The van der Waals surface area contributed by atoms with Gasteiger partial charge in [-0.05, 0) is 36.4 Å². The van der Waals surface area contributed by atoms with Crippen LogP contribution >= 0.6 is 0 Å². The molecular formula is C16H14N2O2. The quantitative estimate of drug-likeness (QED) is 0.759. The van der Waals surface area contributed by atoms with Gasteiger partial charge in [-0.2, -0.15) is 0 Å². The molecule has 2 N–H and O–H groups in total. The largest absolute Gasteiger partial charge is 0.508 e. The molecule has 0 atom stereocenters. The summed E-state index contributed by atoms with van der Waals surface area (Å²) in [5.74, 6) is 1.01. The summed E-state index contributed by atoms with van der Waals surface area (Å²) >= 11 is 0. The number of hydrogen-bond acceptors (Lipinski definition) is 4. The fourth-order valence-corrected chi connectivity index (χ4v) is 2.10. The minimum absolute atomic E-state index is 0.221. The highest BCUT2D eigenvalue weighted by molar-refractivity contribution is 5.93. The second-order valence-electron chi connectivity index (χ2n) is 4.42. The van der Waals surface area contributed by atoms with Crippen LogP contribution in [0, 0.1) is 0 Å². The van der Waals surface area contributed by atoms with Crippen molar-refractivity contribution in [3.8, 4) is 11.5 Å². The van der Waals surface area contributed by atoms with Gasteiger partial charge in [0.2, 0.25) is 0 Å². The molecule has 0 aliphatic rings. The van der Waals surface area contributed by atoms with Crippen LogP contribution < -0.4 is 10.1 Å². The van der Waals surface area contributed by atoms with Crippen molar-refractivity contribution in [3.05, 3.63) is 54.7 Å². The Morgan fingerprint density at radius 2 is 2.00 bits per heavy atom. The molecular weight excluding hydrogens is 252 g/mol. The molecule has 0 aliphatic carbocycles. The van der Waals surface area contributed by atoms with Crippen molar-refractivity contribution in [1.29, 1.82) is 0 Å². The van der Waals surface area contributed by atoms with Gasteiger partial charge in [0.05, 0.1) is 12.6 Å². The third-order valence-electron chi connectivity index (χ3n) is 3.07. The highest BCUT2D eigenvalue weighted by Crippen LogP contribution is 2.28. The zero-order valence-electron chi connectivity index (χ0n) is 11.0. The first-order valence-electron chi connectivity index (χ1n) is 6.25. The first-order valence-corrected chi connectivity index (χ1v) is 6.25. The minimum Gasteiger partial charge on any atom is -0.508 e. The van der Waals surface area contributed by atoms with Crippen molar-refractivity contribution < 1.29 is 9.84 Å². The van der Waals surface area contributed by atoms with Crippen LogP contribution in [0.4, 0.5) is 11.4 Å². The van der Waals surface area contributed by atoms with E-state index in [0.29, 0.717) is 0 Å². The number of pyridine rings is 1. The summed E-state index contributed by atoms with van der Waals surface area (Å²) in [4.78, 5) is 4.28. The van der Waals surface area contributed by atoms with Crippen LogP contribution in [-0.4, -0.2) is 17.2 Å². The molecule has 0 spiro atoms. The molecule has 0 bridgehead atoms. The minimum atomic E-state index is 0.221. The molecule has 0 fully saturated rings. The maximum absolute atomic E-state index is 9.63. The van der Waals surface area contributed by atoms with Crippen LogP contribution in [0.2, 0.25) is 0 Å². The summed E-state index contributed by atoms with van der Waals surface area (Å²) in [6.45, 7) is 0. The standard InChI is InChI=1S/C16H14N2O2/c1-20-13-4-2-3-11(9-13)18-16-7-8-17-15-6-5-12(19)10-14(15)16/h2-10,19H,1H3,(H,17,18). The number of hydrogen-bond donors (Lipinski definition) is 2. The van der Waals surface area contributed by atoms with Crippen molar-refractivity contribution >= 4 is 22.3 Å². The van der Waals surface area contributed by atoms with Gasteiger partial charge in [-0.1, -0.05) is 6.07 Å². The van der Waals surface area contributed by atoms with E-state index in [1.165, 1.54) is 0 Å². The second-order valence-corrected chi connectivity index (χ2v) is 4.42. The van der Waals surface area contributed by atoms with Gasteiger partial charge in [0, 0.05) is 29.0 Å². The van der Waals surface area contributed by atoms with E-state index in [2.05, 4.69) is 10.3 Å². The summed E-state index contributed by atoms with van der Waals surface area (Å²) in [6, 6.07) is 14.7. The van der Waals surface area contributed by atoms with E-state index in [4.69, 9.17) is 4.74 Å². The molecule has 100 valence electrons. The summed E-state index contributed by atoms with van der Waals surface area (Å²) < 4.78 is 5.21. The van der Waals surface area contributed by atoms with Gasteiger partial charge < -0.3 is 15.2 Å². The molecule has 1 heterocycles. The third-order valence-corrected chi connectivity index (χ3v) is 3.07. The predicted molar refractivity (Wildman–Crippen MR) is 79.7 cm³/mol. The summed E-state index contributed by atoms with van der Waals surface area (Å²) in [5.41, 5.74) is 2.63. The molecule has 2 aromatic carbocycles. The third kappa shape index (κ3) is 2.36. The van der Waals surface area contributed by atoms with Gasteiger partial charge in [0.15, 0.2) is 0 Å². The van der Waals surface area contributed by atoms with Crippen LogP contribution in [-0.2, 0) is 0 Å². The Bertz CT molecular complexity index is 756. The van der Waals surface area contributed by atoms with E-state index in [0.717, 1.165) is 28.0 Å². The average molecular weight is 266 g/mol. The number of methoxy groups -OCH3 is 1. The number of nitrogens with zero attached hydrogens (tertiary/aromatic N) is 1. The predicted octanol–water partition coefficient (Wildman–Crippen LogP) is 3.69. The molecule has 0 unspecified atom stereocenters. The van der Waals surface area contributed by atoms with Crippen molar-refractivity contribution in [2.75, 3.05) is 12.4 Å². The highest BCUT2D eigenvalue weighted by Gasteiger charge is 2.04. The fraction of sp³-hybridized carbons (Fsp3) is 0.0625. The molecule has 0 saturated heterocycles. The first-order chi connectivity index (χ1) is 9.76. The van der Waals surface area contributed by atoms with Crippen molar-refractivity contribution in [1.82, 2.24) is 4.98 Å². The molecule has 0 radical (unpaired) electrons. The molecule has 20 heavy (non-hydrogen) atoms. The first kappa shape index (κ1) is 12.3. The van der Waals surface area contributed by atoms with Crippen molar-refractivity contribution in [2.45, 2.75) is 0 Å². The van der Waals surface area contributed by atoms with Crippen LogP contribution in [0.15, 0.2) is 54.7 Å². The highest BCUT2D eigenvalue weighted by atomic mass is 16.5. The Labute approximate surface area is 116 Å². The van der Waals surface area contributed by atoms with Crippen LogP contribution in [0.3, 0.4) is 0 Å². The van der Waals surface area contributed by atoms with E-state index in [1.54, 1.807) is 31.5 Å². The molecule has 3 rings (SSSR count). The van der Waals surface area contributed by atoms with Gasteiger partial charge in [-0.3, -0.25) is 4.98 Å². The Morgan fingerprint density at radius 3 is 2.85 bits per heavy atom. The van der Waals surface area contributed by atoms with Gasteiger partial charge in [-0.15, -0.1) is 0 Å². The summed E-state index contributed by atoms with van der Waals surface area (Å²) in [7, 11) is 1.64. The maximum Gasteiger partial charge on any atom is 0.120 e. The number of aromatic nitrogens is 1. The molecule has 1 aromatic heterocycles. The molecule has 4 nitrogen and oxygen atoms in total. The molecule has 4 heteroatoms. The average Bonchev–Trinajstić information content (AvgIpc) is 2.48. The molecule has 0 saturated carbocycles. The van der Waals surface area contributed by atoms with E-state index >= 15 is 0 Å². The van der Waals surface area contributed by atoms with E-state index in [9.17, 15) is 5.11 Å². The lowest BCUT2D eigenvalue weighted by Crippen LogP contribution is -1.93. The Hall–Kier alpha value is -2.75. The number of phenolic OH excluding ortho intramolecular Hbond substituents is 1. The van der Waals surface area contributed by atoms with Crippen LogP contribution in [0.1, 0.15) is 0 Å². The van der Waals surface area contributed by atoms with E-state index in [1.807, 2.05) is 30.3 Å². The molecule has 3 aromatic rings. The number of aromatic hydroxyl groups is 1. The van der Waals surface area contributed by atoms with Gasteiger partial charge in [0.25, 0.3) is 0 Å². The Kier molecular flexibility index (Phi) is 3.13. The van der Waals surface area contributed by atoms with Crippen LogP contribution in [0.5, 0.6) is 11.5 Å². The number of rotatable bonds is 3. The lowest BCUT2D eigenvalue weighted by atomic mass is 10.1. The normalized spacial score (nSPS) is 10.4. The Morgan fingerprint density at radius 1 is 1.10 bits per heavy atom. The maximum atomic E-state index is 9.63. The van der Waals surface area contributed by atoms with Crippen molar-refractivity contribution in [2.24, 2.45) is 0 Å². The zero-order chi connectivity index (χ0) is 13.9. The number of fused-ring (bicyclic) bond motifs is 1. The summed E-state index contributed by atoms with van der Waals surface area (Å²) in [6.07, 6.45) is 1.74. The lowest BCUT2D eigenvalue weighted by Gasteiger charge is -2.10. The number of benzene rings is 2. The van der Waals surface area contributed by atoms with Crippen LogP contribution in [0.25, 0.3) is 10.9 Å². The lowest BCUT2D eigenvalue weighted by molar-refractivity contribution is 0.415. The molecule has 0 aliphatic heterocycles. The van der Waals surface area contributed by atoms with Gasteiger partial charge in [0.1, 0.15) is 11.5 Å². The SMILES string of the molecule is COc1cccc(Nc2ccnc3ccc(O)cc23)c1. The number of anilines is 2. The van der Waals surface area contributed by atoms with Gasteiger partial charge >= 0.3 is 0 Å². The number of nitrogens with one attached hydrogen (secondary N) is 1. The Balaban J connectivity index is 2.03. The fourth-order valence-electron chi connectivity index (χ4n) is 2.10. The topological polar surface area (TPSA) is 54.4 Å². The van der Waals surface area contributed by atoms with Crippen molar-refractivity contribution in [3.63, 3.8) is 0 Å². The monoisotopic (exact) mass is 266 g/mol. The zero-order valence-corrected chi connectivity index (χ0v) is 11.0. The smallest absolute Gasteiger partial charge is 0.120 e. The number of ether oxygens (including phenoxy) is 1. The second kappa shape index (κ2) is 5.09. The van der Waals surface area contributed by atoms with Gasteiger partial charge in [-0.25, -0.2) is 0 Å². The molecule has 0 amide bonds.